The molecule has 1 aromatic rings. The normalized spacial score (nSPS) is 47.7. The standard InChI is InChI=1S/C17H24BrNS/c1-15-5-11-6-16(2,8-15)10-17(7-11,9-15)14(19)12-3-4-13(18)20-12/h3-4,11,14H,5-10,19H2,1-2H3. The molecule has 2 N–H and O–H groups in total. The Kier molecular flexibility index (Phi) is 2.83. The van der Waals surface area contributed by atoms with Crippen LogP contribution in [0.3, 0.4) is 0 Å². The second-order valence-corrected chi connectivity index (χ2v) is 11.1. The molecular weight excluding hydrogens is 330 g/mol. The lowest BCUT2D eigenvalue weighted by Gasteiger charge is -2.66. The van der Waals surface area contributed by atoms with Gasteiger partial charge in [-0.2, -0.15) is 0 Å². The topological polar surface area (TPSA) is 26.0 Å². The van der Waals surface area contributed by atoms with Gasteiger partial charge < -0.3 is 5.73 Å². The number of rotatable bonds is 2. The SMILES string of the molecule is CC12CC3CC(C)(C1)CC(C(N)c1ccc(Br)s1)(C3)C2. The van der Waals surface area contributed by atoms with E-state index in [0.717, 1.165) is 5.92 Å². The molecule has 4 fully saturated rings. The minimum Gasteiger partial charge on any atom is -0.323 e. The number of hydrogen-bond acceptors (Lipinski definition) is 2. The van der Waals surface area contributed by atoms with Gasteiger partial charge in [0.05, 0.1) is 3.79 Å². The lowest BCUT2D eigenvalue weighted by molar-refractivity contribution is -0.154. The summed E-state index contributed by atoms with van der Waals surface area (Å²) < 4.78 is 1.21. The molecule has 20 heavy (non-hydrogen) atoms. The van der Waals surface area contributed by atoms with Crippen molar-refractivity contribution in [2.24, 2.45) is 27.9 Å². The Morgan fingerprint density at radius 1 is 1.15 bits per heavy atom. The van der Waals surface area contributed by atoms with Gasteiger partial charge in [0, 0.05) is 10.9 Å². The quantitative estimate of drug-likeness (QED) is 0.745. The first kappa shape index (κ1) is 13.8. The summed E-state index contributed by atoms with van der Waals surface area (Å²) in [4.78, 5) is 1.38. The van der Waals surface area contributed by atoms with Crippen LogP contribution in [0.15, 0.2) is 15.9 Å². The van der Waals surface area contributed by atoms with E-state index < -0.39 is 0 Å². The van der Waals surface area contributed by atoms with Crippen LogP contribution in [0.4, 0.5) is 0 Å². The van der Waals surface area contributed by atoms with Crippen molar-refractivity contribution in [3.8, 4) is 0 Å². The summed E-state index contributed by atoms with van der Waals surface area (Å²) >= 11 is 5.43. The van der Waals surface area contributed by atoms with Crippen molar-refractivity contribution in [1.82, 2.24) is 0 Å². The van der Waals surface area contributed by atoms with E-state index in [4.69, 9.17) is 5.73 Å². The summed E-state index contributed by atoms with van der Waals surface area (Å²) in [5.41, 5.74) is 8.29. The largest absolute Gasteiger partial charge is 0.323 e. The second kappa shape index (κ2) is 4.11. The molecule has 0 saturated heterocycles. The summed E-state index contributed by atoms with van der Waals surface area (Å²) in [6.45, 7) is 5.06. The second-order valence-electron chi connectivity index (χ2n) is 8.61. The Morgan fingerprint density at radius 2 is 1.80 bits per heavy atom. The molecule has 5 rings (SSSR count). The first-order chi connectivity index (χ1) is 9.32. The smallest absolute Gasteiger partial charge is 0.0701 e. The molecule has 1 nitrogen and oxygen atoms in total. The fourth-order valence-electron chi connectivity index (χ4n) is 6.68. The summed E-state index contributed by atoms with van der Waals surface area (Å²) in [6.07, 6.45) is 8.40. The summed E-state index contributed by atoms with van der Waals surface area (Å²) in [5.74, 6) is 0.927. The number of hydrogen-bond donors (Lipinski definition) is 1. The van der Waals surface area contributed by atoms with Gasteiger partial charge in [0.25, 0.3) is 0 Å². The Labute approximate surface area is 134 Å². The van der Waals surface area contributed by atoms with Gasteiger partial charge in [-0.05, 0) is 88.8 Å². The van der Waals surface area contributed by atoms with Crippen LogP contribution in [0.25, 0.3) is 0 Å². The molecule has 0 aromatic carbocycles. The molecule has 3 atom stereocenters. The fraction of sp³-hybridized carbons (Fsp3) is 0.765. The third kappa shape index (κ3) is 1.96. The number of halogens is 1. The van der Waals surface area contributed by atoms with Crippen LogP contribution in [0.2, 0.25) is 0 Å². The molecule has 3 unspecified atom stereocenters. The van der Waals surface area contributed by atoms with Crippen molar-refractivity contribution in [3.05, 3.63) is 20.8 Å². The van der Waals surface area contributed by atoms with Crippen molar-refractivity contribution < 1.29 is 0 Å². The highest BCUT2D eigenvalue weighted by Gasteiger charge is 2.61. The van der Waals surface area contributed by atoms with E-state index in [2.05, 4.69) is 41.9 Å². The lowest BCUT2D eigenvalue weighted by atomic mass is 9.39. The van der Waals surface area contributed by atoms with Crippen molar-refractivity contribution in [2.75, 3.05) is 0 Å². The molecule has 110 valence electrons. The third-order valence-electron chi connectivity index (χ3n) is 6.23. The molecule has 1 heterocycles. The Morgan fingerprint density at radius 3 is 2.30 bits per heavy atom. The van der Waals surface area contributed by atoms with Crippen LogP contribution in [-0.2, 0) is 0 Å². The van der Waals surface area contributed by atoms with Crippen LogP contribution in [0.5, 0.6) is 0 Å². The van der Waals surface area contributed by atoms with Crippen molar-refractivity contribution >= 4 is 27.3 Å². The molecular formula is C17H24BrNS. The van der Waals surface area contributed by atoms with Crippen LogP contribution >= 0.6 is 27.3 Å². The minimum absolute atomic E-state index is 0.237. The Hall–Kier alpha value is 0.140. The highest BCUT2D eigenvalue weighted by Crippen LogP contribution is 2.72. The molecule has 0 amide bonds. The molecule has 3 heteroatoms. The van der Waals surface area contributed by atoms with E-state index in [-0.39, 0.29) is 6.04 Å². The average molecular weight is 354 g/mol. The van der Waals surface area contributed by atoms with Crippen LogP contribution < -0.4 is 5.73 Å². The molecule has 0 radical (unpaired) electrons. The van der Waals surface area contributed by atoms with Gasteiger partial charge in [-0.15, -0.1) is 11.3 Å². The highest BCUT2D eigenvalue weighted by atomic mass is 79.9. The zero-order chi connectivity index (χ0) is 14.2. The maximum atomic E-state index is 6.81. The fourth-order valence-corrected chi connectivity index (χ4v) is 8.25. The van der Waals surface area contributed by atoms with Gasteiger partial charge >= 0.3 is 0 Å². The first-order valence-electron chi connectivity index (χ1n) is 7.83. The van der Waals surface area contributed by atoms with Crippen molar-refractivity contribution in [3.63, 3.8) is 0 Å². The number of thiophene rings is 1. The van der Waals surface area contributed by atoms with E-state index in [1.54, 1.807) is 0 Å². The molecule has 0 aliphatic heterocycles. The van der Waals surface area contributed by atoms with Crippen molar-refractivity contribution in [2.45, 2.75) is 58.4 Å². The maximum Gasteiger partial charge on any atom is 0.0701 e. The minimum atomic E-state index is 0.237. The van der Waals surface area contributed by atoms with Gasteiger partial charge in [0.15, 0.2) is 0 Å². The van der Waals surface area contributed by atoms with Crippen LogP contribution in [-0.4, -0.2) is 0 Å². The summed E-state index contributed by atoms with van der Waals surface area (Å²) in [5, 5.41) is 0. The molecule has 4 bridgehead atoms. The molecule has 0 spiro atoms. The van der Waals surface area contributed by atoms with Crippen LogP contribution in [0.1, 0.15) is 63.3 Å². The highest BCUT2D eigenvalue weighted by molar-refractivity contribution is 9.11. The predicted octanol–water partition coefficient (Wildman–Crippen LogP) is 5.51. The van der Waals surface area contributed by atoms with E-state index in [1.165, 1.54) is 47.2 Å². The van der Waals surface area contributed by atoms with Gasteiger partial charge in [-0.1, -0.05) is 13.8 Å². The maximum absolute atomic E-state index is 6.81. The Balaban J connectivity index is 1.73. The number of nitrogens with two attached hydrogens (primary N) is 1. The third-order valence-corrected chi connectivity index (χ3v) is 7.94. The molecule has 4 saturated carbocycles. The van der Waals surface area contributed by atoms with Gasteiger partial charge in [-0.3, -0.25) is 0 Å². The molecule has 4 aliphatic rings. The van der Waals surface area contributed by atoms with E-state index in [1.807, 2.05) is 11.3 Å². The van der Waals surface area contributed by atoms with Gasteiger partial charge in [-0.25, -0.2) is 0 Å². The first-order valence-corrected chi connectivity index (χ1v) is 9.43. The lowest BCUT2D eigenvalue weighted by Crippen LogP contribution is -2.57. The Bertz CT molecular complexity index is 533. The monoisotopic (exact) mass is 353 g/mol. The van der Waals surface area contributed by atoms with E-state index >= 15 is 0 Å². The van der Waals surface area contributed by atoms with Crippen LogP contribution in [0, 0.1) is 22.2 Å². The zero-order valence-corrected chi connectivity index (χ0v) is 14.8. The molecule has 1 aromatic heterocycles. The van der Waals surface area contributed by atoms with Gasteiger partial charge in [0.1, 0.15) is 0 Å². The van der Waals surface area contributed by atoms with E-state index in [0.29, 0.717) is 16.2 Å². The zero-order valence-electron chi connectivity index (χ0n) is 12.4. The molecule has 4 aliphatic carbocycles. The summed E-state index contributed by atoms with van der Waals surface area (Å²) in [6, 6.07) is 4.63. The average Bonchev–Trinajstić information content (AvgIpc) is 2.69. The van der Waals surface area contributed by atoms with E-state index in [9.17, 15) is 0 Å². The van der Waals surface area contributed by atoms with Gasteiger partial charge in [0.2, 0.25) is 0 Å². The predicted molar refractivity (Wildman–Crippen MR) is 88.8 cm³/mol. The summed E-state index contributed by atoms with van der Waals surface area (Å²) in [7, 11) is 0. The van der Waals surface area contributed by atoms with Crippen molar-refractivity contribution in [1.29, 1.82) is 0 Å².